The fourth-order valence-corrected chi connectivity index (χ4v) is 1.98. The summed E-state index contributed by atoms with van der Waals surface area (Å²) in [6.45, 7) is 3.69. The Morgan fingerprint density at radius 3 is 2.65 bits per heavy atom. The fourth-order valence-electron chi connectivity index (χ4n) is 1.98. The lowest BCUT2D eigenvalue weighted by molar-refractivity contribution is -0.384. The van der Waals surface area contributed by atoms with E-state index in [-0.39, 0.29) is 23.5 Å². The van der Waals surface area contributed by atoms with Gasteiger partial charge >= 0.3 is 0 Å². The Balaban J connectivity index is 2.43. The third-order valence-electron chi connectivity index (χ3n) is 2.96. The number of nitro groups is 1. The van der Waals surface area contributed by atoms with Gasteiger partial charge in [0.15, 0.2) is 0 Å². The van der Waals surface area contributed by atoms with Crippen molar-refractivity contribution < 1.29 is 4.92 Å². The quantitative estimate of drug-likeness (QED) is 0.517. The molecular weight excluding hydrogens is 260 g/mol. The van der Waals surface area contributed by atoms with E-state index in [1.54, 1.807) is 19.9 Å². The highest BCUT2D eigenvalue weighted by Crippen LogP contribution is 2.22. The molecule has 7 nitrogen and oxygen atoms in total. The average molecular weight is 274 g/mol. The molecular formula is C13H14N4O3. The number of nitrogen functional groups attached to an aromatic ring is 1. The molecule has 0 aliphatic heterocycles. The zero-order chi connectivity index (χ0) is 14.9. The highest BCUT2D eigenvalue weighted by atomic mass is 16.6. The highest BCUT2D eigenvalue weighted by Gasteiger charge is 2.13. The van der Waals surface area contributed by atoms with Crippen LogP contribution >= 0.6 is 0 Å². The van der Waals surface area contributed by atoms with E-state index in [2.05, 4.69) is 4.98 Å². The Hall–Kier alpha value is -2.70. The molecule has 0 saturated carbocycles. The fraction of sp³-hybridized carbons (Fsp3) is 0.231. The lowest BCUT2D eigenvalue weighted by Crippen LogP contribution is -2.24. The van der Waals surface area contributed by atoms with Crippen molar-refractivity contribution in [2.45, 2.75) is 20.4 Å². The summed E-state index contributed by atoms with van der Waals surface area (Å²) in [5, 5.41) is 10.8. The summed E-state index contributed by atoms with van der Waals surface area (Å²) in [5.74, 6) is 0.564. The van der Waals surface area contributed by atoms with Gasteiger partial charge in [0.2, 0.25) is 0 Å². The van der Waals surface area contributed by atoms with Gasteiger partial charge in [-0.3, -0.25) is 19.5 Å². The standard InChI is InChI=1S/C13H14N4O3/c1-8-5-13(18)16(9(2)15-8)7-10-3-4-11(14)12(6-10)17(19)20/h3-6H,7,14H2,1-2H3. The zero-order valence-electron chi connectivity index (χ0n) is 11.2. The number of nitrogens with zero attached hydrogens (tertiary/aromatic N) is 3. The van der Waals surface area contributed by atoms with E-state index in [9.17, 15) is 14.9 Å². The second kappa shape index (κ2) is 5.12. The summed E-state index contributed by atoms with van der Waals surface area (Å²) in [6, 6.07) is 5.93. The molecule has 1 heterocycles. The first-order chi connectivity index (χ1) is 9.38. The topological polar surface area (TPSA) is 104 Å². The molecule has 20 heavy (non-hydrogen) atoms. The molecule has 0 unspecified atom stereocenters. The number of nitrogens with two attached hydrogens (primary N) is 1. The van der Waals surface area contributed by atoms with Crippen LogP contribution in [0.15, 0.2) is 29.1 Å². The Kier molecular flexibility index (Phi) is 3.51. The van der Waals surface area contributed by atoms with Gasteiger partial charge < -0.3 is 5.73 Å². The minimum absolute atomic E-state index is 0.102. The highest BCUT2D eigenvalue weighted by molar-refractivity contribution is 5.59. The average Bonchev–Trinajstić information content (AvgIpc) is 2.35. The summed E-state index contributed by atoms with van der Waals surface area (Å²) >= 11 is 0. The number of hydrogen-bond donors (Lipinski definition) is 1. The van der Waals surface area contributed by atoms with Crippen LogP contribution in [0.2, 0.25) is 0 Å². The van der Waals surface area contributed by atoms with Crippen LogP contribution in [-0.2, 0) is 6.54 Å². The SMILES string of the molecule is Cc1cc(=O)n(Cc2ccc(N)c([N+](=O)[O-])c2)c(C)n1. The van der Waals surface area contributed by atoms with E-state index in [1.807, 2.05) is 0 Å². The maximum Gasteiger partial charge on any atom is 0.292 e. The Morgan fingerprint density at radius 1 is 1.35 bits per heavy atom. The first-order valence-corrected chi connectivity index (χ1v) is 5.96. The monoisotopic (exact) mass is 274 g/mol. The number of benzene rings is 1. The predicted octanol–water partition coefficient (Wildman–Crippen LogP) is 1.40. The summed E-state index contributed by atoms with van der Waals surface area (Å²) in [5.41, 5.74) is 6.57. The second-order valence-electron chi connectivity index (χ2n) is 4.52. The van der Waals surface area contributed by atoms with E-state index in [1.165, 1.54) is 22.8 Å². The molecule has 0 amide bonds. The number of aryl methyl sites for hydroxylation is 2. The third-order valence-corrected chi connectivity index (χ3v) is 2.96. The Morgan fingerprint density at radius 2 is 2.05 bits per heavy atom. The van der Waals surface area contributed by atoms with Gasteiger partial charge in [0.25, 0.3) is 11.2 Å². The van der Waals surface area contributed by atoms with Crippen molar-refractivity contribution in [1.82, 2.24) is 9.55 Å². The van der Waals surface area contributed by atoms with Crippen LogP contribution in [0.1, 0.15) is 17.1 Å². The van der Waals surface area contributed by atoms with Gasteiger partial charge in [0, 0.05) is 17.8 Å². The second-order valence-corrected chi connectivity index (χ2v) is 4.52. The van der Waals surface area contributed by atoms with E-state index in [0.717, 1.165) is 0 Å². The van der Waals surface area contributed by atoms with Gasteiger partial charge in [0.05, 0.1) is 11.5 Å². The number of aromatic nitrogens is 2. The van der Waals surface area contributed by atoms with Crippen molar-refractivity contribution in [2.24, 2.45) is 0 Å². The van der Waals surface area contributed by atoms with Crippen molar-refractivity contribution in [1.29, 1.82) is 0 Å². The summed E-state index contributed by atoms with van der Waals surface area (Å²) in [6.07, 6.45) is 0. The maximum atomic E-state index is 11.9. The molecule has 1 aromatic carbocycles. The summed E-state index contributed by atoms with van der Waals surface area (Å²) in [4.78, 5) is 26.4. The first-order valence-electron chi connectivity index (χ1n) is 5.96. The van der Waals surface area contributed by atoms with Gasteiger partial charge in [-0.1, -0.05) is 6.07 Å². The molecule has 0 saturated heterocycles. The molecule has 2 rings (SSSR count). The van der Waals surface area contributed by atoms with Gasteiger partial charge in [-0.2, -0.15) is 0 Å². The molecule has 0 aliphatic rings. The van der Waals surface area contributed by atoms with Crippen LogP contribution in [0.4, 0.5) is 11.4 Å². The van der Waals surface area contributed by atoms with E-state index >= 15 is 0 Å². The Bertz CT molecular complexity index is 737. The number of nitro benzene ring substituents is 1. The van der Waals surface area contributed by atoms with E-state index in [4.69, 9.17) is 5.73 Å². The number of anilines is 1. The third kappa shape index (κ3) is 2.66. The molecule has 0 radical (unpaired) electrons. The minimum Gasteiger partial charge on any atom is -0.393 e. The smallest absolute Gasteiger partial charge is 0.292 e. The van der Waals surface area contributed by atoms with Crippen molar-refractivity contribution >= 4 is 11.4 Å². The van der Waals surface area contributed by atoms with Crippen molar-refractivity contribution in [3.63, 3.8) is 0 Å². The predicted molar refractivity (Wildman–Crippen MR) is 74.6 cm³/mol. The molecule has 7 heteroatoms. The molecule has 0 bridgehead atoms. The summed E-state index contributed by atoms with van der Waals surface area (Å²) < 4.78 is 1.46. The van der Waals surface area contributed by atoms with Crippen molar-refractivity contribution in [3.05, 3.63) is 61.8 Å². The van der Waals surface area contributed by atoms with Gasteiger partial charge in [0.1, 0.15) is 11.5 Å². The lowest BCUT2D eigenvalue weighted by atomic mass is 10.1. The largest absolute Gasteiger partial charge is 0.393 e. The minimum atomic E-state index is -0.540. The van der Waals surface area contributed by atoms with Crippen LogP contribution in [0, 0.1) is 24.0 Å². The lowest BCUT2D eigenvalue weighted by Gasteiger charge is -2.10. The Labute approximate surface area is 114 Å². The molecule has 0 spiro atoms. The van der Waals surface area contributed by atoms with E-state index in [0.29, 0.717) is 17.1 Å². The molecule has 104 valence electrons. The first kappa shape index (κ1) is 13.7. The molecule has 2 aromatic rings. The van der Waals surface area contributed by atoms with Crippen molar-refractivity contribution in [3.8, 4) is 0 Å². The van der Waals surface area contributed by atoms with Gasteiger partial charge in [-0.25, -0.2) is 4.98 Å². The number of hydrogen-bond acceptors (Lipinski definition) is 5. The van der Waals surface area contributed by atoms with Gasteiger partial charge in [-0.15, -0.1) is 0 Å². The molecule has 2 N–H and O–H groups in total. The van der Waals surface area contributed by atoms with Crippen LogP contribution in [-0.4, -0.2) is 14.5 Å². The summed E-state index contributed by atoms with van der Waals surface area (Å²) in [7, 11) is 0. The normalized spacial score (nSPS) is 10.5. The molecule has 1 aromatic heterocycles. The molecule has 0 fully saturated rings. The maximum absolute atomic E-state index is 11.9. The van der Waals surface area contributed by atoms with Crippen LogP contribution < -0.4 is 11.3 Å². The number of rotatable bonds is 3. The van der Waals surface area contributed by atoms with Crippen LogP contribution in [0.3, 0.4) is 0 Å². The zero-order valence-corrected chi connectivity index (χ0v) is 11.2. The van der Waals surface area contributed by atoms with Gasteiger partial charge in [-0.05, 0) is 25.5 Å². The van der Waals surface area contributed by atoms with Crippen molar-refractivity contribution in [2.75, 3.05) is 5.73 Å². The molecule has 0 atom stereocenters. The van der Waals surface area contributed by atoms with Crippen LogP contribution in [0.25, 0.3) is 0 Å². The van der Waals surface area contributed by atoms with E-state index < -0.39 is 4.92 Å². The van der Waals surface area contributed by atoms with Crippen LogP contribution in [0.5, 0.6) is 0 Å². The molecule has 0 aliphatic carbocycles.